The molecule has 64 valence electrons. The van der Waals surface area contributed by atoms with Crippen molar-refractivity contribution in [2.24, 2.45) is 0 Å². The molecular weight excluding hydrogens is 148 g/mol. The molecule has 0 amide bonds. The zero-order valence-corrected chi connectivity index (χ0v) is 7.59. The summed E-state index contributed by atoms with van der Waals surface area (Å²) >= 11 is 0. The molecule has 0 aliphatic carbocycles. The van der Waals surface area contributed by atoms with Crippen molar-refractivity contribution in [1.82, 2.24) is 10.2 Å². The van der Waals surface area contributed by atoms with Crippen LogP contribution in [0, 0.1) is 0 Å². The van der Waals surface area contributed by atoms with Gasteiger partial charge >= 0.3 is 0 Å². The fourth-order valence-corrected chi connectivity index (χ4v) is 0.999. The molecule has 0 aromatic carbocycles. The minimum atomic E-state index is 1.04. The van der Waals surface area contributed by atoms with Gasteiger partial charge in [-0.15, -0.1) is 0 Å². The Morgan fingerprint density at radius 1 is 1.75 bits per heavy atom. The highest BCUT2D eigenvalue weighted by atomic mass is 15.1. The topological polar surface area (TPSA) is 28.7 Å². The third-order valence-electron chi connectivity index (χ3n) is 1.65. The lowest BCUT2D eigenvalue weighted by molar-refractivity contribution is 1.08. The van der Waals surface area contributed by atoms with Gasteiger partial charge in [0.25, 0.3) is 0 Å². The molecule has 1 heterocycles. The molecule has 0 aliphatic rings. The Kier molecular flexibility index (Phi) is 2.86. The maximum absolute atomic E-state index is 3.96. The molecular formula is C10H14N2. The lowest BCUT2D eigenvalue weighted by Gasteiger charge is -1.94. The number of hydrogen-bond donors (Lipinski definition) is 1. The molecule has 2 heteroatoms. The van der Waals surface area contributed by atoms with Gasteiger partial charge in [-0.05, 0) is 25.0 Å². The molecule has 2 nitrogen and oxygen atoms in total. The van der Waals surface area contributed by atoms with Crippen molar-refractivity contribution in [1.29, 1.82) is 0 Å². The number of nitrogens with one attached hydrogen (secondary N) is 1. The summed E-state index contributed by atoms with van der Waals surface area (Å²) in [4.78, 5) is 0. The average Bonchev–Trinajstić information content (AvgIpc) is 2.48. The van der Waals surface area contributed by atoms with Crippen LogP contribution in [-0.4, -0.2) is 10.2 Å². The zero-order valence-electron chi connectivity index (χ0n) is 7.59. The van der Waals surface area contributed by atoms with Gasteiger partial charge in [-0.2, -0.15) is 5.10 Å². The van der Waals surface area contributed by atoms with Crippen LogP contribution in [0.5, 0.6) is 0 Å². The summed E-state index contributed by atoms with van der Waals surface area (Å²) in [5.74, 6) is 0. The standard InChI is InChI=1S/C10H14N2/c1-4-5-6-10-9(8(2)3)7-11-12-10/h5-7H,2,4H2,1,3H3,(H,11,12)/b6-5-. The third kappa shape index (κ3) is 1.84. The molecule has 1 N–H and O–H groups in total. The second kappa shape index (κ2) is 3.90. The number of aromatic amines is 1. The van der Waals surface area contributed by atoms with Crippen LogP contribution in [0.2, 0.25) is 0 Å². The fraction of sp³-hybridized carbons (Fsp3) is 0.300. The van der Waals surface area contributed by atoms with Gasteiger partial charge in [0.15, 0.2) is 0 Å². The van der Waals surface area contributed by atoms with E-state index in [9.17, 15) is 0 Å². The number of hydrogen-bond acceptors (Lipinski definition) is 1. The van der Waals surface area contributed by atoms with Gasteiger partial charge < -0.3 is 0 Å². The van der Waals surface area contributed by atoms with Crippen LogP contribution >= 0.6 is 0 Å². The van der Waals surface area contributed by atoms with E-state index in [1.165, 1.54) is 0 Å². The van der Waals surface area contributed by atoms with Crippen LogP contribution in [-0.2, 0) is 0 Å². The van der Waals surface area contributed by atoms with E-state index in [0.29, 0.717) is 0 Å². The van der Waals surface area contributed by atoms with Gasteiger partial charge in [-0.1, -0.05) is 19.6 Å². The first kappa shape index (κ1) is 8.78. The van der Waals surface area contributed by atoms with E-state index in [4.69, 9.17) is 0 Å². The fourth-order valence-electron chi connectivity index (χ4n) is 0.999. The molecule has 0 unspecified atom stereocenters. The SMILES string of the molecule is C=C(C)c1cn[nH]c1/C=C\CC. The molecule has 1 aromatic rings. The molecule has 1 rings (SSSR count). The van der Waals surface area contributed by atoms with Gasteiger partial charge in [0.05, 0.1) is 11.9 Å². The van der Waals surface area contributed by atoms with E-state index in [0.717, 1.165) is 23.3 Å². The number of allylic oxidation sites excluding steroid dienone is 2. The van der Waals surface area contributed by atoms with E-state index in [2.05, 4.69) is 29.8 Å². The Bertz CT molecular complexity index is 295. The lowest BCUT2D eigenvalue weighted by atomic mass is 10.1. The first-order valence-corrected chi connectivity index (χ1v) is 4.11. The third-order valence-corrected chi connectivity index (χ3v) is 1.65. The quantitative estimate of drug-likeness (QED) is 0.727. The number of rotatable bonds is 3. The summed E-state index contributed by atoms with van der Waals surface area (Å²) in [6.45, 7) is 7.96. The summed E-state index contributed by atoms with van der Waals surface area (Å²) < 4.78 is 0. The first-order chi connectivity index (χ1) is 5.75. The molecule has 0 radical (unpaired) electrons. The second-order valence-corrected chi connectivity index (χ2v) is 2.79. The minimum absolute atomic E-state index is 1.04. The van der Waals surface area contributed by atoms with Crippen LogP contribution < -0.4 is 0 Å². The van der Waals surface area contributed by atoms with E-state index in [1.54, 1.807) is 6.20 Å². The Hall–Kier alpha value is -1.31. The van der Waals surface area contributed by atoms with E-state index in [-0.39, 0.29) is 0 Å². The number of nitrogens with zero attached hydrogens (tertiary/aromatic N) is 1. The summed E-state index contributed by atoms with van der Waals surface area (Å²) in [6, 6.07) is 0. The van der Waals surface area contributed by atoms with E-state index in [1.807, 2.05) is 13.0 Å². The zero-order chi connectivity index (χ0) is 8.97. The van der Waals surface area contributed by atoms with Gasteiger partial charge in [0.1, 0.15) is 0 Å². The Morgan fingerprint density at radius 2 is 2.50 bits per heavy atom. The smallest absolute Gasteiger partial charge is 0.0649 e. The van der Waals surface area contributed by atoms with Crippen molar-refractivity contribution >= 4 is 11.6 Å². The second-order valence-electron chi connectivity index (χ2n) is 2.79. The van der Waals surface area contributed by atoms with E-state index < -0.39 is 0 Å². The van der Waals surface area contributed by atoms with Crippen LogP contribution in [0.3, 0.4) is 0 Å². The van der Waals surface area contributed by atoms with Crippen molar-refractivity contribution < 1.29 is 0 Å². The molecule has 0 fully saturated rings. The molecule has 0 atom stereocenters. The predicted octanol–water partition coefficient (Wildman–Crippen LogP) is 2.87. The van der Waals surface area contributed by atoms with Crippen molar-refractivity contribution in [2.45, 2.75) is 20.3 Å². The first-order valence-electron chi connectivity index (χ1n) is 4.11. The van der Waals surface area contributed by atoms with Crippen LogP contribution in [0.25, 0.3) is 11.6 Å². The summed E-state index contributed by atoms with van der Waals surface area (Å²) in [7, 11) is 0. The van der Waals surface area contributed by atoms with Crippen molar-refractivity contribution in [3.8, 4) is 0 Å². The van der Waals surface area contributed by atoms with Gasteiger partial charge in [-0.25, -0.2) is 0 Å². The maximum atomic E-state index is 3.96. The highest BCUT2D eigenvalue weighted by Crippen LogP contribution is 2.15. The monoisotopic (exact) mass is 162 g/mol. The molecule has 0 spiro atoms. The Balaban J connectivity index is 2.91. The van der Waals surface area contributed by atoms with Crippen molar-refractivity contribution in [2.75, 3.05) is 0 Å². The molecule has 0 saturated carbocycles. The molecule has 12 heavy (non-hydrogen) atoms. The van der Waals surface area contributed by atoms with Gasteiger partial charge in [0.2, 0.25) is 0 Å². The Labute approximate surface area is 73.0 Å². The predicted molar refractivity (Wildman–Crippen MR) is 52.6 cm³/mol. The highest BCUT2D eigenvalue weighted by molar-refractivity contribution is 5.69. The lowest BCUT2D eigenvalue weighted by Crippen LogP contribution is -1.79. The number of H-pyrrole nitrogens is 1. The largest absolute Gasteiger partial charge is 0.278 e. The molecule has 0 aliphatic heterocycles. The Morgan fingerprint density at radius 3 is 3.08 bits per heavy atom. The van der Waals surface area contributed by atoms with Gasteiger partial charge in [-0.3, -0.25) is 5.10 Å². The van der Waals surface area contributed by atoms with Crippen LogP contribution in [0.4, 0.5) is 0 Å². The van der Waals surface area contributed by atoms with Crippen LogP contribution in [0.15, 0.2) is 18.9 Å². The number of aromatic nitrogens is 2. The summed E-state index contributed by atoms with van der Waals surface area (Å²) in [5.41, 5.74) is 3.18. The van der Waals surface area contributed by atoms with Crippen LogP contribution in [0.1, 0.15) is 31.5 Å². The van der Waals surface area contributed by atoms with Crippen molar-refractivity contribution in [3.63, 3.8) is 0 Å². The summed E-state index contributed by atoms with van der Waals surface area (Å²) in [5, 5.41) is 6.88. The van der Waals surface area contributed by atoms with Gasteiger partial charge in [0, 0.05) is 5.56 Å². The normalized spacial score (nSPS) is 10.8. The minimum Gasteiger partial charge on any atom is -0.278 e. The molecule has 0 bridgehead atoms. The summed E-state index contributed by atoms with van der Waals surface area (Å²) in [6.07, 6.45) is 6.98. The maximum Gasteiger partial charge on any atom is 0.0649 e. The van der Waals surface area contributed by atoms with E-state index >= 15 is 0 Å². The molecule has 1 aromatic heterocycles. The van der Waals surface area contributed by atoms with Crippen molar-refractivity contribution in [3.05, 3.63) is 30.1 Å². The average molecular weight is 162 g/mol. The molecule has 0 saturated heterocycles. The highest BCUT2D eigenvalue weighted by Gasteiger charge is 2.00.